The van der Waals surface area contributed by atoms with E-state index in [0.29, 0.717) is 11.3 Å². The van der Waals surface area contributed by atoms with E-state index in [9.17, 15) is 14.0 Å². The summed E-state index contributed by atoms with van der Waals surface area (Å²) in [7, 11) is 0. The van der Waals surface area contributed by atoms with Crippen LogP contribution in [0, 0.1) is 12.7 Å². The van der Waals surface area contributed by atoms with Gasteiger partial charge < -0.3 is 4.40 Å². The van der Waals surface area contributed by atoms with Crippen molar-refractivity contribution in [1.82, 2.24) is 19.7 Å². The smallest absolute Gasteiger partial charge is 0.261 e. The Morgan fingerprint density at radius 3 is 2.57 bits per heavy atom. The number of benzene rings is 1. The SMILES string of the molecule is Cc1cc(-c2cccnc2)nc2c(C(=O)NC(=O)c3ccc(F)cc3)ccn12. The largest absolute Gasteiger partial charge is 0.305 e. The summed E-state index contributed by atoms with van der Waals surface area (Å²) in [4.78, 5) is 33.6. The van der Waals surface area contributed by atoms with Gasteiger partial charge in [0.25, 0.3) is 11.8 Å². The highest BCUT2D eigenvalue weighted by Crippen LogP contribution is 2.21. The van der Waals surface area contributed by atoms with Crippen LogP contribution in [-0.4, -0.2) is 26.2 Å². The van der Waals surface area contributed by atoms with E-state index in [1.54, 1.807) is 29.1 Å². The summed E-state index contributed by atoms with van der Waals surface area (Å²) >= 11 is 0. The van der Waals surface area contributed by atoms with Gasteiger partial charge in [0.15, 0.2) is 0 Å². The second-order valence-corrected chi connectivity index (χ2v) is 6.24. The summed E-state index contributed by atoms with van der Waals surface area (Å²) in [5.41, 5.74) is 3.28. The minimum atomic E-state index is -0.607. The number of hydrogen-bond acceptors (Lipinski definition) is 4. The molecule has 2 amide bonds. The number of nitrogens with one attached hydrogen (secondary N) is 1. The van der Waals surface area contributed by atoms with Crippen molar-refractivity contribution in [2.24, 2.45) is 0 Å². The standard InChI is InChI=1S/C21H15FN4O2/c1-13-11-18(15-3-2-9-23-12-15)24-19-17(8-10-26(13)19)21(28)25-20(27)14-4-6-16(22)7-5-14/h2-12H,1H3,(H,25,27,28). The fourth-order valence-corrected chi connectivity index (χ4v) is 2.92. The Kier molecular flexibility index (Phi) is 4.41. The molecule has 0 bridgehead atoms. The van der Waals surface area contributed by atoms with Crippen molar-refractivity contribution >= 4 is 17.5 Å². The van der Waals surface area contributed by atoms with Crippen molar-refractivity contribution < 1.29 is 14.0 Å². The van der Waals surface area contributed by atoms with Gasteiger partial charge >= 0.3 is 0 Å². The monoisotopic (exact) mass is 374 g/mol. The molecule has 0 unspecified atom stereocenters. The molecule has 6 nitrogen and oxygen atoms in total. The summed E-state index contributed by atoms with van der Waals surface area (Å²) in [6, 6.07) is 12.2. The maximum atomic E-state index is 13.0. The van der Waals surface area contributed by atoms with E-state index in [0.717, 1.165) is 23.4 Å². The predicted molar refractivity (Wildman–Crippen MR) is 101 cm³/mol. The summed E-state index contributed by atoms with van der Waals surface area (Å²) in [5.74, 6) is -1.64. The Balaban J connectivity index is 1.68. The zero-order chi connectivity index (χ0) is 19.7. The maximum absolute atomic E-state index is 13.0. The number of carbonyl (C=O) groups excluding carboxylic acids is 2. The van der Waals surface area contributed by atoms with Crippen LogP contribution in [0.25, 0.3) is 16.9 Å². The molecule has 0 saturated carbocycles. The zero-order valence-corrected chi connectivity index (χ0v) is 14.9. The van der Waals surface area contributed by atoms with Crippen LogP contribution in [0.15, 0.2) is 67.1 Å². The van der Waals surface area contributed by atoms with Crippen molar-refractivity contribution in [3.05, 3.63) is 89.8 Å². The molecular formula is C21H15FN4O2. The van der Waals surface area contributed by atoms with Crippen LogP contribution in [0.4, 0.5) is 4.39 Å². The number of halogens is 1. The lowest BCUT2D eigenvalue weighted by molar-refractivity contribution is 0.0850. The van der Waals surface area contributed by atoms with Gasteiger partial charge in [0.2, 0.25) is 0 Å². The average Bonchev–Trinajstić information content (AvgIpc) is 3.14. The van der Waals surface area contributed by atoms with Gasteiger partial charge in [-0.2, -0.15) is 0 Å². The lowest BCUT2D eigenvalue weighted by atomic mass is 10.2. The molecule has 7 heteroatoms. The molecule has 138 valence electrons. The molecule has 0 atom stereocenters. The molecule has 4 rings (SSSR count). The predicted octanol–water partition coefficient (Wildman–Crippen LogP) is 3.41. The van der Waals surface area contributed by atoms with Crippen molar-refractivity contribution in [1.29, 1.82) is 0 Å². The fraction of sp³-hybridized carbons (Fsp3) is 0.0476. The van der Waals surface area contributed by atoms with E-state index in [1.165, 1.54) is 12.1 Å². The molecule has 0 spiro atoms. The summed E-state index contributed by atoms with van der Waals surface area (Å²) < 4.78 is 14.8. The Hall–Kier alpha value is -3.87. The third kappa shape index (κ3) is 3.25. The minimum Gasteiger partial charge on any atom is -0.305 e. The first-order chi connectivity index (χ1) is 13.5. The molecule has 0 saturated heterocycles. The Morgan fingerprint density at radius 1 is 1.07 bits per heavy atom. The van der Waals surface area contributed by atoms with Gasteiger partial charge in [0, 0.05) is 35.4 Å². The normalized spacial score (nSPS) is 10.8. The topological polar surface area (TPSA) is 76.4 Å². The molecule has 1 N–H and O–H groups in total. The Bertz CT molecular complexity index is 1180. The van der Waals surface area contributed by atoms with E-state index >= 15 is 0 Å². The van der Waals surface area contributed by atoms with Gasteiger partial charge in [-0.3, -0.25) is 19.9 Å². The number of nitrogens with zero attached hydrogens (tertiary/aromatic N) is 3. The zero-order valence-electron chi connectivity index (χ0n) is 14.9. The van der Waals surface area contributed by atoms with E-state index in [-0.39, 0.29) is 11.1 Å². The Labute approximate surface area is 159 Å². The highest BCUT2D eigenvalue weighted by molar-refractivity contribution is 6.12. The summed E-state index contributed by atoms with van der Waals surface area (Å²) in [5, 5.41) is 2.32. The Morgan fingerprint density at radius 2 is 1.86 bits per heavy atom. The number of carbonyl (C=O) groups is 2. The van der Waals surface area contributed by atoms with Gasteiger partial charge in [-0.15, -0.1) is 0 Å². The number of aryl methyl sites for hydroxylation is 1. The number of hydrogen-bond donors (Lipinski definition) is 1. The minimum absolute atomic E-state index is 0.193. The summed E-state index contributed by atoms with van der Waals surface area (Å²) in [6.45, 7) is 1.90. The van der Waals surface area contributed by atoms with Crippen molar-refractivity contribution in [3.8, 4) is 11.3 Å². The molecule has 0 aliphatic carbocycles. The van der Waals surface area contributed by atoms with Gasteiger partial charge in [0.05, 0.1) is 11.3 Å². The molecule has 0 aliphatic heterocycles. The number of rotatable bonds is 3. The molecule has 1 aromatic carbocycles. The van der Waals surface area contributed by atoms with Crippen LogP contribution in [-0.2, 0) is 0 Å². The molecular weight excluding hydrogens is 359 g/mol. The molecule has 3 aromatic heterocycles. The average molecular weight is 374 g/mol. The molecule has 0 radical (unpaired) electrons. The van der Waals surface area contributed by atoms with Crippen LogP contribution in [0.3, 0.4) is 0 Å². The lowest BCUT2D eigenvalue weighted by Gasteiger charge is -2.07. The second kappa shape index (κ2) is 7.03. The highest BCUT2D eigenvalue weighted by atomic mass is 19.1. The second-order valence-electron chi connectivity index (χ2n) is 6.24. The van der Waals surface area contributed by atoms with Gasteiger partial charge in [-0.1, -0.05) is 0 Å². The number of aromatic nitrogens is 3. The molecule has 0 aliphatic rings. The first kappa shape index (κ1) is 17.5. The number of amides is 2. The first-order valence-electron chi connectivity index (χ1n) is 8.53. The summed E-state index contributed by atoms with van der Waals surface area (Å²) in [6.07, 6.45) is 5.09. The number of pyridine rings is 1. The molecule has 28 heavy (non-hydrogen) atoms. The van der Waals surface area contributed by atoms with E-state index in [1.807, 2.05) is 25.1 Å². The third-order valence-corrected chi connectivity index (χ3v) is 4.35. The molecule has 3 heterocycles. The molecule has 0 fully saturated rings. The van der Waals surface area contributed by atoms with Crippen LogP contribution >= 0.6 is 0 Å². The van der Waals surface area contributed by atoms with Crippen molar-refractivity contribution in [2.75, 3.05) is 0 Å². The quantitative estimate of drug-likeness (QED) is 0.558. The van der Waals surface area contributed by atoms with E-state index in [2.05, 4.69) is 15.3 Å². The van der Waals surface area contributed by atoms with Gasteiger partial charge in [0.1, 0.15) is 11.5 Å². The lowest BCUT2D eigenvalue weighted by Crippen LogP contribution is -2.30. The van der Waals surface area contributed by atoms with Crippen LogP contribution in [0.5, 0.6) is 0 Å². The van der Waals surface area contributed by atoms with Crippen LogP contribution in [0.1, 0.15) is 26.4 Å². The highest BCUT2D eigenvalue weighted by Gasteiger charge is 2.18. The van der Waals surface area contributed by atoms with Gasteiger partial charge in [-0.25, -0.2) is 9.37 Å². The van der Waals surface area contributed by atoms with E-state index in [4.69, 9.17) is 0 Å². The van der Waals surface area contributed by atoms with E-state index < -0.39 is 17.6 Å². The molecule has 4 aromatic rings. The van der Waals surface area contributed by atoms with Crippen LogP contribution in [0.2, 0.25) is 0 Å². The third-order valence-electron chi connectivity index (χ3n) is 4.35. The van der Waals surface area contributed by atoms with Crippen molar-refractivity contribution in [2.45, 2.75) is 6.92 Å². The fourth-order valence-electron chi connectivity index (χ4n) is 2.92. The first-order valence-corrected chi connectivity index (χ1v) is 8.53. The number of imide groups is 1. The number of fused-ring (bicyclic) bond motifs is 1. The van der Waals surface area contributed by atoms with Gasteiger partial charge in [-0.05, 0) is 55.5 Å². The van der Waals surface area contributed by atoms with Crippen LogP contribution < -0.4 is 5.32 Å². The maximum Gasteiger partial charge on any atom is 0.261 e. The van der Waals surface area contributed by atoms with Crippen molar-refractivity contribution in [3.63, 3.8) is 0 Å².